The van der Waals surface area contributed by atoms with Crippen molar-refractivity contribution in [2.24, 2.45) is 5.92 Å². The number of nitrogens with zero attached hydrogens (tertiary/aromatic N) is 2. The minimum atomic E-state index is -0.217. The predicted molar refractivity (Wildman–Crippen MR) is 129 cm³/mol. The summed E-state index contributed by atoms with van der Waals surface area (Å²) in [5, 5.41) is 5.55. The van der Waals surface area contributed by atoms with Crippen LogP contribution < -0.4 is 14.8 Å². The van der Waals surface area contributed by atoms with E-state index in [0.29, 0.717) is 29.2 Å². The zero-order valence-electron chi connectivity index (χ0n) is 19.1. The molecule has 1 saturated carbocycles. The Balaban J connectivity index is 1.34. The Morgan fingerprint density at radius 3 is 2.84 bits per heavy atom. The quantitative estimate of drug-likeness (QED) is 0.440. The van der Waals surface area contributed by atoms with Gasteiger partial charge in [-0.15, -0.1) is 11.8 Å². The summed E-state index contributed by atoms with van der Waals surface area (Å²) in [6.45, 7) is 4.86. The number of hydrogen-bond donors (Lipinski definition) is 1. The Morgan fingerprint density at radius 2 is 2.06 bits per heavy atom. The van der Waals surface area contributed by atoms with Gasteiger partial charge in [-0.1, -0.05) is 31.2 Å². The van der Waals surface area contributed by atoms with E-state index in [0.717, 1.165) is 28.0 Å². The molecule has 2 aromatic rings. The molecular weight excluding hydrogens is 442 g/mol. The van der Waals surface area contributed by atoms with Gasteiger partial charge in [-0.3, -0.25) is 4.79 Å². The van der Waals surface area contributed by atoms with Crippen LogP contribution >= 0.6 is 23.5 Å². The van der Waals surface area contributed by atoms with Gasteiger partial charge in [0.25, 0.3) is 0 Å². The summed E-state index contributed by atoms with van der Waals surface area (Å²) in [7, 11) is 3.25. The third-order valence-electron chi connectivity index (χ3n) is 6.32. The number of carbonyl (C=O) groups is 1. The van der Waals surface area contributed by atoms with Gasteiger partial charge in [0, 0.05) is 23.3 Å². The molecule has 172 valence electrons. The maximum atomic E-state index is 12.8. The number of nitrogens with one attached hydrogen (secondary N) is 1. The third-order valence-corrected chi connectivity index (χ3v) is 8.81. The molecule has 1 aromatic carbocycles. The number of methoxy groups -OCH3 is 2. The van der Waals surface area contributed by atoms with Crippen molar-refractivity contribution in [3.63, 3.8) is 0 Å². The standard InChI is InChI=1S/C24H31N3O3S2/c1-14-5-7-17-20(11-14)32-24-21(17)23(26-13-27-24)31-15(2)22(28)25-10-9-16-6-8-18(29-3)19(12-16)30-4/h6,8,12-15,17,20H,5,7,9-11H2,1-4H3,(H,25,28). The molecule has 2 aliphatic rings. The van der Waals surface area contributed by atoms with Crippen LogP contribution in [0.1, 0.15) is 50.2 Å². The summed E-state index contributed by atoms with van der Waals surface area (Å²) in [5.41, 5.74) is 2.37. The first-order chi connectivity index (χ1) is 15.5. The van der Waals surface area contributed by atoms with Crippen molar-refractivity contribution < 1.29 is 14.3 Å². The molecule has 0 spiro atoms. The number of fused-ring (bicyclic) bond motifs is 3. The van der Waals surface area contributed by atoms with Crippen molar-refractivity contribution in [1.29, 1.82) is 0 Å². The molecule has 1 amide bonds. The van der Waals surface area contributed by atoms with Crippen LogP contribution in [0.4, 0.5) is 0 Å². The Labute approximate surface area is 198 Å². The molecular formula is C24H31N3O3S2. The van der Waals surface area contributed by atoms with E-state index in [2.05, 4.69) is 22.2 Å². The lowest BCUT2D eigenvalue weighted by Gasteiger charge is -2.29. The van der Waals surface area contributed by atoms with Gasteiger partial charge in [-0.2, -0.15) is 0 Å². The van der Waals surface area contributed by atoms with Crippen LogP contribution in [0, 0.1) is 5.92 Å². The predicted octanol–water partition coefficient (Wildman–Crippen LogP) is 4.71. The van der Waals surface area contributed by atoms with Gasteiger partial charge in [-0.25, -0.2) is 9.97 Å². The van der Waals surface area contributed by atoms with Crippen molar-refractivity contribution in [2.45, 2.75) is 66.0 Å². The second kappa shape index (κ2) is 10.3. The van der Waals surface area contributed by atoms with Crippen LogP contribution in [-0.2, 0) is 11.2 Å². The van der Waals surface area contributed by atoms with E-state index in [-0.39, 0.29) is 11.2 Å². The molecule has 1 aliphatic carbocycles. The Morgan fingerprint density at radius 1 is 1.25 bits per heavy atom. The highest BCUT2D eigenvalue weighted by atomic mass is 32.2. The first-order valence-corrected chi connectivity index (χ1v) is 12.9. The second-order valence-corrected chi connectivity index (χ2v) is 11.1. The first-order valence-electron chi connectivity index (χ1n) is 11.2. The lowest BCUT2D eigenvalue weighted by molar-refractivity contribution is -0.120. The monoisotopic (exact) mass is 473 g/mol. The van der Waals surface area contributed by atoms with E-state index in [1.807, 2.05) is 36.9 Å². The van der Waals surface area contributed by atoms with Gasteiger partial charge < -0.3 is 14.8 Å². The maximum absolute atomic E-state index is 12.8. The normalized spacial score (nSPS) is 22.6. The molecule has 32 heavy (non-hydrogen) atoms. The van der Waals surface area contributed by atoms with Gasteiger partial charge in [-0.05, 0) is 49.8 Å². The van der Waals surface area contributed by atoms with Gasteiger partial charge in [0.15, 0.2) is 11.5 Å². The largest absolute Gasteiger partial charge is 0.493 e. The van der Waals surface area contributed by atoms with Crippen LogP contribution in [0.5, 0.6) is 11.5 Å². The molecule has 1 N–H and O–H groups in total. The summed E-state index contributed by atoms with van der Waals surface area (Å²) in [6.07, 6.45) is 6.06. The van der Waals surface area contributed by atoms with Crippen molar-refractivity contribution in [3.05, 3.63) is 35.7 Å². The molecule has 6 nitrogen and oxygen atoms in total. The van der Waals surface area contributed by atoms with Crippen LogP contribution in [0.3, 0.4) is 0 Å². The highest BCUT2D eigenvalue weighted by Crippen LogP contribution is 2.54. The van der Waals surface area contributed by atoms with Gasteiger partial charge in [0.1, 0.15) is 16.4 Å². The van der Waals surface area contributed by atoms with Crippen molar-refractivity contribution in [1.82, 2.24) is 15.3 Å². The first kappa shape index (κ1) is 23.2. The van der Waals surface area contributed by atoms with Crippen LogP contribution in [-0.4, -0.2) is 47.1 Å². The summed E-state index contributed by atoms with van der Waals surface area (Å²) >= 11 is 3.46. The fourth-order valence-corrected chi connectivity index (χ4v) is 7.24. The lowest BCUT2D eigenvalue weighted by atomic mass is 9.80. The number of thioether (sulfide) groups is 2. The Hall–Kier alpha value is -1.93. The van der Waals surface area contributed by atoms with Crippen molar-refractivity contribution >= 4 is 29.4 Å². The van der Waals surface area contributed by atoms with E-state index in [1.165, 1.54) is 24.8 Å². The van der Waals surface area contributed by atoms with Crippen LogP contribution in [0.25, 0.3) is 0 Å². The average molecular weight is 474 g/mol. The fourth-order valence-electron chi connectivity index (χ4n) is 4.53. The highest BCUT2D eigenvalue weighted by Gasteiger charge is 2.40. The average Bonchev–Trinajstić information content (AvgIpc) is 3.17. The lowest BCUT2D eigenvalue weighted by Crippen LogP contribution is -2.32. The van der Waals surface area contributed by atoms with Crippen molar-refractivity contribution in [2.75, 3.05) is 20.8 Å². The smallest absolute Gasteiger partial charge is 0.233 e. The Bertz CT molecular complexity index is 972. The number of ether oxygens (including phenoxy) is 2. The molecule has 0 bridgehead atoms. The molecule has 8 heteroatoms. The maximum Gasteiger partial charge on any atom is 0.233 e. The zero-order valence-corrected chi connectivity index (χ0v) is 20.7. The topological polar surface area (TPSA) is 73.3 Å². The summed E-state index contributed by atoms with van der Waals surface area (Å²) < 4.78 is 10.6. The zero-order chi connectivity index (χ0) is 22.7. The number of amides is 1. The third kappa shape index (κ3) is 5.01. The SMILES string of the molecule is COc1ccc(CCNC(=O)C(C)Sc2ncnc3c2C2CCC(C)CC2S3)cc1OC. The summed E-state index contributed by atoms with van der Waals surface area (Å²) in [4.78, 5) is 21.9. The number of aromatic nitrogens is 2. The number of benzene rings is 1. The van der Waals surface area contributed by atoms with Gasteiger partial charge in [0.2, 0.25) is 5.91 Å². The molecule has 4 unspecified atom stereocenters. The number of hydrogen-bond acceptors (Lipinski definition) is 7. The summed E-state index contributed by atoms with van der Waals surface area (Å²) in [6, 6.07) is 5.84. The number of rotatable bonds is 8. The molecule has 0 saturated heterocycles. The van der Waals surface area contributed by atoms with Crippen LogP contribution in [0.15, 0.2) is 34.6 Å². The minimum absolute atomic E-state index is 0.0299. The molecule has 4 atom stereocenters. The summed E-state index contributed by atoms with van der Waals surface area (Å²) in [5.74, 6) is 2.73. The molecule has 1 fully saturated rings. The Kier molecular flexibility index (Phi) is 7.51. The van der Waals surface area contributed by atoms with E-state index >= 15 is 0 Å². The molecule has 1 aromatic heterocycles. The van der Waals surface area contributed by atoms with Gasteiger partial charge in [0.05, 0.1) is 19.5 Å². The molecule has 0 radical (unpaired) electrons. The van der Waals surface area contributed by atoms with E-state index in [1.54, 1.807) is 32.3 Å². The van der Waals surface area contributed by atoms with E-state index in [9.17, 15) is 4.79 Å². The van der Waals surface area contributed by atoms with Crippen LogP contribution in [0.2, 0.25) is 0 Å². The van der Waals surface area contributed by atoms with Gasteiger partial charge >= 0.3 is 0 Å². The fraction of sp³-hybridized carbons (Fsp3) is 0.542. The second-order valence-electron chi connectivity index (χ2n) is 8.57. The molecule has 2 heterocycles. The van der Waals surface area contributed by atoms with E-state index in [4.69, 9.17) is 9.47 Å². The molecule has 4 rings (SSSR count). The van der Waals surface area contributed by atoms with Crippen molar-refractivity contribution in [3.8, 4) is 11.5 Å². The minimum Gasteiger partial charge on any atom is -0.493 e. The highest BCUT2D eigenvalue weighted by molar-refractivity contribution is 8.01. The number of carbonyl (C=O) groups excluding carboxylic acids is 1. The van der Waals surface area contributed by atoms with E-state index < -0.39 is 0 Å². The molecule has 1 aliphatic heterocycles.